The molecule has 0 radical (unpaired) electrons. The fourth-order valence-electron chi connectivity index (χ4n) is 2.75. The first-order chi connectivity index (χ1) is 9.34. The molecular weight excluding hydrogens is 256 g/mol. The molecule has 0 N–H and O–H groups in total. The van der Waals surface area contributed by atoms with Gasteiger partial charge in [0.15, 0.2) is 0 Å². The van der Waals surface area contributed by atoms with Crippen LogP contribution in [-0.2, 0) is 6.67 Å². The molecule has 1 aromatic carbocycles. The molecule has 0 amide bonds. The van der Waals surface area contributed by atoms with Crippen LogP contribution in [-0.4, -0.2) is 21.9 Å². The summed E-state index contributed by atoms with van der Waals surface area (Å²) in [5.41, 5.74) is 0.169. The molecule has 1 aliphatic heterocycles. The second kappa shape index (κ2) is 5.88. The number of hydrogen-bond acceptors (Lipinski definition) is 3. The molecule has 1 aliphatic rings. The van der Waals surface area contributed by atoms with Gasteiger partial charge in [-0.1, -0.05) is 42.9 Å². The van der Waals surface area contributed by atoms with Crippen molar-refractivity contribution in [2.45, 2.75) is 38.8 Å². The van der Waals surface area contributed by atoms with Crippen LogP contribution in [0.2, 0.25) is 0 Å². The highest BCUT2D eigenvalue weighted by Gasteiger charge is 2.12. The molecule has 19 heavy (non-hydrogen) atoms. The average molecular weight is 276 g/mol. The van der Waals surface area contributed by atoms with E-state index in [0.29, 0.717) is 0 Å². The van der Waals surface area contributed by atoms with Crippen LogP contribution in [0.15, 0.2) is 29.1 Å². The molecule has 1 fully saturated rings. The fourth-order valence-corrected chi connectivity index (χ4v) is 3.78. The zero-order chi connectivity index (χ0) is 13.1. The summed E-state index contributed by atoms with van der Waals surface area (Å²) in [6.45, 7) is 3.01. The van der Waals surface area contributed by atoms with E-state index in [1.807, 2.05) is 28.2 Å². The molecule has 0 aliphatic carbocycles. The van der Waals surface area contributed by atoms with Gasteiger partial charge in [-0.2, -0.15) is 0 Å². The van der Waals surface area contributed by atoms with E-state index in [9.17, 15) is 4.79 Å². The number of rotatable bonds is 2. The van der Waals surface area contributed by atoms with Gasteiger partial charge in [0.25, 0.3) is 5.56 Å². The number of aromatic nitrogens is 1. The van der Waals surface area contributed by atoms with E-state index in [1.165, 1.54) is 32.1 Å². The van der Waals surface area contributed by atoms with Gasteiger partial charge in [-0.05, 0) is 38.1 Å². The maximum absolute atomic E-state index is 12.3. The van der Waals surface area contributed by atoms with Gasteiger partial charge >= 0.3 is 0 Å². The van der Waals surface area contributed by atoms with Gasteiger partial charge in [0.2, 0.25) is 0 Å². The van der Waals surface area contributed by atoms with Gasteiger partial charge in [0, 0.05) is 0 Å². The van der Waals surface area contributed by atoms with E-state index in [0.717, 1.165) is 29.8 Å². The van der Waals surface area contributed by atoms with E-state index < -0.39 is 0 Å². The van der Waals surface area contributed by atoms with E-state index in [2.05, 4.69) is 4.90 Å². The van der Waals surface area contributed by atoms with Gasteiger partial charge in [-0.15, -0.1) is 0 Å². The number of likely N-dealkylation sites (tertiary alicyclic amines) is 1. The van der Waals surface area contributed by atoms with Crippen LogP contribution in [0.3, 0.4) is 0 Å². The first-order valence-corrected chi connectivity index (χ1v) is 7.93. The molecule has 0 unspecified atom stereocenters. The highest BCUT2D eigenvalue weighted by molar-refractivity contribution is 7.13. The normalized spacial score (nSPS) is 18.3. The molecule has 102 valence electrons. The van der Waals surface area contributed by atoms with Crippen LogP contribution in [0.25, 0.3) is 10.1 Å². The molecule has 1 aromatic heterocycles. The Kier molecular flexibility index (Phi) is 3.99. The lowest BCUT2D eigenvalue weighted by Crippen LogP contribution is -2.32. The van der Waals surface area contributed by atoms with Crippen molar-refractivity contribution in [2.75, 3.05) is 13.1 Å². The average Bonchev–Trinajstić information content (AvgIpc) is 2.70. The summed E-state index contributed by atoms with van der Waals surface area (Å²) in [6.07, 6.45) is 6.56. The fraction of sp³-hybridized carbons (Fsp3) is 0.533. The zero-order valence-electron chi connectivity index (χ0n) is 11.2. The predicted molar refractivity (Wildman–Crippen MR) is 80.7 cm³/mol. The highest BCUT2D eigenvalue weighted by Crippen LogP contribution is 2.17. The third-order valence-corrected chi connectivity index (χ3v) is 4.88. The van der Waals surface area contributed by atoms with Gasteiger partial charge in [-0.25, -0.2) is 3.96 Å². The maximum Gasteiger partial charge on any atom is 0.269 e. The Bertz CT molecular complexity index is 593. The van der Waals surface area contributed by atoms with Crippen LogP contribution in [0.5, 0.6) is 0 Å². The molecule has 0 saturated carbocycles. The van der Waals surface area contributed by atoms with Crippen LogP contribution in [0.4, 0.5) is 0 Å². The van der Waals surface area contributed by atoms with Crippen molar-refractivity contribution in [3.8, 4) is 0 Å². The van der Waals surface area contributed by atoms with E-state index in [-0.39, 0.29) is 5.56 Å². The molecule has 1 saturated heterocycles. The Hall–Kier alpha value is -1.13. The number of hydrogen-bond donors (Lipinski definition) is 0. The number of fused-ring (bicyclic) bond motifs is 1. The molecular formula is C15H20N2OS. The van der Waals surface area contributed by atoms with Crippen molar-refractivity contribution in [3.63, 3.8) is 0 Å². The van der Waals surface area contributed by atoms with E-state index >= 15 is 0 Å². The molecule has 3 nitrogen and oxygen atoms in total. The van der Waals surface area contributed by atoms with Crippen LogP contribution < -0.4 is 5.56 Å². The first-order valence-electron chi connectivity index (χ1n) is 7.16. The van der Waals surface area contributed by atoms with Crippen molar-refractivity contribution in [1.82, 2.24) is 8.86 Å². The second-order valence-electron chi connectivity index (χ2n) is 5.30. The third-order valence-electron chi connectivity index (χ3n) is 3.83. The Morgan fingerprint density at radius 3 is 2.42 bits per heavy atom. The minimum absolute atomic E-state index is 0.169. The Morgan fingerprint density at radius 1 is 1.00 bits per heavy atom. The topological polar surface area (TPSA) is 25.2 Å². The second-order valence-corrected chi connectivity index (χ2v) is 6.36. The Labute approximate surface area is 117 Å². The minimum atomic E-state index is 0.169. The summed E-state index contributed by atoms with van der Waals surface area (Å²) in [6, 6.07) is 7.90. The predicted octanol–water partition coefficient (Wildman–Crippen LogP) is 3.29. The monoisotopic (exact) mass is 276 g/mol. The van der Waals surface area contributed by atoms with Crippen LogP contribution in [0.1, 0.15) is 32.1 Å². The smallest absolute Gasteiger partial charge is 0.269 e. The summed E-state index contributed by atoms with van der Waals surface area (Å²) in [5.74, 6) is 0. The van der Waals surface area contributed by atoms with Crippen molar-refractivity contribution >= 4 is 21.6 Å². The van der Waals surface area contributed by atoms with E-state index in [1.54, 1.807) is 11.5 Å². The molecule has 0 atom stereocenters. The minimum Gasteiger partial charge on any atom is -0.285 e. The summed E-state index contributed by atoms with van der Waals surface area (Å²) in [5, 5.41) is 0.861. The van der Waals surface area contributed by atoms with Crippen LogP contribution >= 0.6 is 11.5 Å². The quantitative estimate of drug-likeness (QED) is 0.841. The summed E-state index contributed by atoms with van der Waals surface area (Å²) in [4.78, 5) is 14.7. The Balaban J connectivity index is 1.80. The van der Waals surface area contributed by atoms with Gasteiger partial charge in [0.1, 0.15) is 0 Å². The van der Waals surface area contributed by atoms with Crippen molar-refractivity contribution in [3.05, 3.63) is 34.6 Å². The molecule has 0 spiro atoms. The summed E-state index contributed by atoms with van der Waals surface area (Å²) in [7, 11) is 0. The van der Waals surface area contributed by atoms with Crippen molar-refractivity contribution < 1.29 is 0 Å². The Morgan fingerprint density at radius 2 is 1.68 bits per heavy atom. The highest BCUT2D eigenvalue weighted by atomic mass is 32.1. The number of benzene rings is 1. The van der Waals surface area contributed by atoms with E-state index in [4.69, 9.17) is 0 Å². The van der Waals surface area contributed by atoms with Crippen molar-refractivity contribution in [1.29, 1.82) is 0 Å². The molecule has 2 aromatic rings. The van der Waals surface area contributed by atoms with Crippen molar-refractivity contribution in [2.24, 2.45) is 0 Å². The molecule has 3 rings (SSSR count). The maximum atomic E-state index is 12.3. The van der Waals surface area contributed by atoms with Gasteiger partial charge in [0.05, 0.1) is 16.8 Å². The first kappa shape index (κ1) is 12.9. The lowest BCUT2D eigenvalue weighted by molar-refractivity contribution is 0.204. The van der Waals surface area contributed by atoms with Crippen LogP contribution in [0, 0.1) is 0 Å². The zero-order valence-corrected chi connectivity index (χ0v) is 12.0. The SMILES string of the molecule is O=c1c2ccccc2sn1CN1CCCCCCC1. The summed E-state index contributed by atoms with van der Waals surface area (Å²) >= 11 is 1.59. The largest absolute Gasteiger partial charge is 0.285 e. The summed E-state index contributed by atoms with van der Waals surface area (Å²) < 4.78 is 3.01. The molecule has 0 bridgehead atoms. The molecule has 4 heteroatoms. The third kappa shape index (κ3) is 2.90. The number of nitrogens with zero attached hydrogens (tertiary/aromatic N) is 2. The van der Waals surface area contributed by atoms with Gasteiger partial charge < -0.3 is 0 Å². The standard InChI is InChI=1S/C15H20N2OS/c18-15-13-8-4-5-9-14(13)19-17(15)12-16-10-6-2-1-3-7-11-16/h4-5,8-9H,1-3,6-7,10-12H2. The lowest BCUT2D eigenvalue weighted by Gasteiger charge is -2.23. The molecule has 2 heterocycles. The van der Waals surface area contributed by atoms with Gasteiger partial charge in [-0.3, -0.25) is 9.69 Å². The lowest BCUT2D eigenvalue weighted by atomic mass is 10.1.